The summed E-state index contributed by atoms with van der Waals surface area (Å²) in [4.78, 5) is 16.5. The van der Waals surface area contributed by atoms with Gasteiger partial charge in [-0.3, -0.25) is 4.79 Å². The zero-order valence-corrected chi connectivity index (χ0v) is 14.8. The Morgan fingerprint density at radius 1 is 1.18 bits per heavy atom. The summed E-state index contributed by atoms with van der Waals surface area (Å²) >= 11 is 3.44. The maximum atomic E-state index is 12.2. The molecule has 2 rings (SSSR count). The third-order valence-electron chi connectivity index (χ3n) is 2.96. The lowest BCUT2D eigenvalue weighted by atomic mass is 10.1. The van der Waals surface area contributed by atoms with Gasteiger partial charge in [0.25, 0.3) is 5.91 Å². The number of nitrogens with zero attached hydrogens (tertiary/aromatic N) is 1. The Balaban J connectivity index is 2.20. The number of halogens is 1. The summed E-state index contributed by atoms with van der Waals surface area (Å²) in [6.45, 7) is 7.88. The minimum absolute atomic E-state index is 0.106. The first-order valence-electron chi connectivity index (χ1n) is 7.06. The third-order valence-corrected chi connectivity index (χ3v) is 3.46. The van der Waals surface area contributed by atoms with Crippen molar-refractivity contribution in [2.24, 2.45) is 0 Å². The first-order chi connectivity index (χ1) is 10.2. The second kappa shape index (κ2) is 6.48. The molecule has 0 saturated carbocycles. The minimum atomic E-state index is -0.268. The van der Waals surface area contributed by atoms with E-state index < -0.39 is 0 Å². The highest BCUT2D eigenvalue weighted by Gasteiger charge is 2.15. The zero-order valence-electron chi connectivity index (χ0n) is 13.2. The van der Waals surface area contributed by atoms with Gasteiger partial charge in [-0.1, -0.05) is 15.9 Å². The van der Waals surface area contributed by atoms with Gasteiger partial charge in [0.1, 0.15) is 5.82 Å². The molecule has 0 atom stereocenters. The van der Waals surface area contributed by atoms with Crippen molar-refractivity contribution in [3.8, 4) is 0 Å². The Labute approximate surface area is 139 Å². The van der Waals surface area contributed by atoms with Gasteiger partial charge in [0, 0.05) is 27.5 Å². The van der Waals surface area contributed by atoms with Gasteiger partial charge in [-0.15, -0.1) is 0 Å². The Morgan fingerprint density at radius 2 is 1.91 bits per heavy atom. The van der Waals surface area contributed by atoms with E-state index in [1.54, 1.807) is 18.3 Å². The van der Waals surface area contributed by atoms with E-state index in [4.69, 9.17) is 0 Å². The number of aromatic nitrogens is 1. The molecule has 0 fully saturated rings. The van der Waals surface area contributed by atoms with E-state index in [2.05, 4.69) is 31.5 Å². The van der Waals surface area contributed by atoms with Crippen molar-refractivity contribution in [1.82, 2.24) is 10.3 Å². The summed E-state index contributed by atoms with van der Waals surface area (Å²) in [6.07, 6.45) is 1.63. The van der Waals surface area contributed by atoms with Crippen LogP contribution >= 0.6 is 15.9 Å². The maximum Gasteiger partial charge on any atom is 0.251 e. The highest BCUT2D eigenvalue weighted by atomic mass is 79.9. The summed E-state index contributed by atoms with van der Waals surface area (Å²) in [5, 5.41) is 6.19. The molecular weight excluding hydrogens is 342 g/mol. The molecule has 0 saturated heterocycles. The number of hydrogen-bond donors (Lipinski definition) is 2. The highest BCUT2D eigenvalue weighted by Crippen LogP contribution is 2.23. The van der Waals surface area contributed by atoms with Crippen LogP contribution in [0.1, 0.15) is 36.7 Å². The quantitative estimate of drug-likeness (QED) is 0.850. The molecule has 0 aliphatic rings. The molecule has 2 aromatic rings. The van der Waals surface area contributed by atoms with Crippen LogP contribution in [-0.4, -0.2) is 16.4 Å². The Hall–Kier alpha value is -1.88. The first kappa shape index (κ1) is 16.5. The van der Waals surface area contributed by atoms with E-state index in [0.29, 0.717) is 11.4 Å². The average molecular weight is 362 g/mol. The molecule has 116 valence electrons. The Kier molecular flexibility index (Phi) is 4.86. The zero-order chi connectivity index (χ0) is 16.3. The number of aryl methyl sites for hydroxylation is 1. The van der Waals surface area contributed by atoms with Crippen molar-refractivity contribution in [3.05, 3.63) is 52.1 Å². The van der Waals surface area contributed by atoms with Gasteiger partial charge in [-0.25, -0.2) is 4.98 Å². The van der Waals surface area contributed by atoms with Crippen molar-refractivity contribution in [2.45, 2.75) is 33.2 Å². The Bertz CT molecular complexity index is 693. The van der Waals surface area contributed by atoms with Crippen LogP contribution in [0, 0.1) is 6.92 Å². The van der Waals surface area contributed by atoms with Crippen LogP contribution in [0.3, 0.4) is 0 Å². The molecule has 0 radical (unpaired) electrons. The minimum Gasteiger partial charge on any atom is -0.347 e. The molecule has 1 aromatic heterocycles. The van der Waals surface area contributed by atoms with Crippen molar-refractivity contribution in [2.75, 3.05) is 5.32 Å². The van der Waals surface area contributed by atoms with Gasteiger partial charge in [0.2, 0.25) is 0 Å². The van der Waals surface area contributed by atoms with Gasteiger partial charge >= 0.3 is 0 Å². The van der Waals surface area contributed by atoms with E-state index in [-0.39, 0.29) is 11.4 Å². The predicted molar refractivity (Wildman–Crippen MR) is 93.6 cm³/mol. The molecule has 0 spiro atoms. The van der Waals surface area contributed by atoms with Crippen molar-refractivity contribution in [3.63, 3.8) is 0 Å². The van der Waals surface area contributed by atoms with Crippen LogP contribution in [0.2, 0.25) is 0 Å². The molecule has 0 bridgehead atoms. The fraction of sp³-hybridized carbons (Fsp3) is 0.294. The van der Waals surface area contributed by atoms with Crippen LogP contribution in [-0.2, 0) is 0 Å². The number of amides is 1. The number of nitrogens with one attached hydrogen (secondary N) is 2. The summed E-state index contributed by atoms with van der Waals surface area (Å²) in [7, 11) is 0. The number of benzene rings is 1. The molecule has 4 nitrogen and oxygen atoms in total. The largest absolute Gasteiger partial charge is 0.347 e. The second-order valence-electron chi connectivity index (χ2n) is 6.22. The van der Waals surface area contributed by atoms with E-state index in [0.717, 1.165) is 15.7 Å². The van der Waals surface area contributed by atoms with Crippen molar-refractivity contribution >= 4 is 33.3 Å². The second-order valence-corrected chi connectivity index (χ2v) is 7.13. The Morgan fingerprint density at radius 3 is 2.55 bits per heavy atom. The molecular formula is C17H20BrN3O. The van der Waals surface area contributed by atoms with Gasteiger partial charge in [-0.05, 0) is 63.6 Å². The van der Waals surface area contributed by atoms with E-state index in [1.807, 2.05) is 45.9 Å². The molecule has 1 amide bonds. The number of anilines is 2. The average Bonchev–Trinajstić information content (AvgIpc) is 2.40. The van der Waals surface area contributed by atoms with Gasteiger partial charge in [-0.2, -0.15) is 0 Å². The summed E-state index contributed by atoms with van der Waals surface area (Å²) < 4.78 is 1.03. The molecule has 1 heterocycles. The maximum absolute atomic E-state index is 12.2. The predicted octanol–water partition coefficient (Wildman–Crippen LogP) is 4.42. The summed E-state index contributed by atoms with van der Waals surface area (Å²) in [5.74, 6) is 0.539. The number of hydrogen-bond acceptors (Lipinski definition) is 3. The third kappa shape index (κ3) is 4.56. The number of pyridine rings is 1. The van der Waals surface area contributed by atoms with Crippen LogP contribution < -0.4 is 10.6 Å². The molecule has 22 heavy (non-hydrogen) atoms. The molecule has 2 N–H and O–H groups in total. The smallest absolute Gasteiger partial charge is 0.251 e. The lowest BCUT2D eigenvalue weighted by Gasteiger charge is -2.20. The van der Waals surface area contributed by atoms with Gasteiger partial charge in [0.15, 0.2) is 0 Å². The van der Waals surface area contributed by atoms with E-state index in [1.165, 1.54) is 0 Å². The highest BCUT2D eigenvalue weighted by molar-refractivity contribution is 9.10. The lowest BCUT2D eigenvalue weighted by Crippen LogP contribution is -2.40. The van der Waals surface area contributed by atoms with E-state index >= 15 is 0 Å². The monoisotopic (exact) mass is 361 g/mol. The fourth-order valence-electron chi connectivity index (χ4n) is 1.96. The standard InChI is InChI=1S/C17H20BrN3O/c1-11-9-13(18)5-6-14(11)20-15-10-12(7-8-19-15)16(22)21-17(2,3)4/h5-10H,1-4H3,(H,19,20)(H,21,22). The van der Waals surface area contributed by atoms with Gasteiger partial charge < -0.3 is 10.6 Å². The van der Waals surface area contributed by atoms with Crippen molar-refractivity contribution in [1.29, 1.82) is 0 Å². The first-order valence-corrected chi connectivity index (χ1v) is 7.86. The summed E-state index contributed by atoms with van der Waals surface area (Å²) in [6, 6.07) is 9.43. The molecule has 1 aromatic carbocycles. The number of carbonyl (C=O) groups excluding carboxylic acids is 1. The summed E-state index contributed by atoms with van der Waals surface area (Å²) in [5.41, 5.74) is 2.38. The van der Waals surface area contributed by atoms with Crippen molar-refractivity contribution < 1.29 is 4.79 Å². The fourth-order valence-corrected chi connectivity index (χ4v) is 2.43. The molecule has 0 unspecified atom stereocenters. The SMILES string of the molecule is Cc1cc(Br)ccc1Nc1cc(C(=O)NC(C)(C)C)ccn1. The van der Waals surface area contributed by atoms with E-state index in [9.17, 15) is 4.79 Å². The van der Waals surface area contributed by atoms with Crippen LogP contribution in [0.25, 0.3) is 0 Å². The molecule has 0 aliphatic heterocycles. The lowest BCUT2D eigenvalue weighted by molar-refractivity contribution is 0.0919. The van der Waals surface area contributed by atoms with Crippen LogP contribution in [0.15, 0.2) is 41.0 Å². The molecule has 0 aliphatic carbocycles. The van der Waals surface area contributed by atoms with Crippen LogP contribution in [0.4, 0.5) is 11.5 Å². The topological polar surface area (TPSA) is 54.0 Å². The number of rotatable bonds is 3. The normalized spacial score (nSPS) is 11.1. The molecule has 5 heteroatoms. The van der Waals surface area contributed by atoms with Gasteiger partial charge in [0.05, 0.1) is 0 Å². The van der Waals surface area contributed by atoms with Crippen LogP contribution in [0.5, 0.6) is 0 Å². The number of carbonyl (C=O) groups is 1.